The highest BCUT2D eigenvalue weighted by molar-refractivity contribution is 5.81. The molecule has 3 unspecified atom stereocenters. The van der Waals surface area contributed by atoms with Crippen LogP contribution in [0.25, 0.3) is 0 Å². The van der Waals surface area contributed by atoms with Crippen molar-refractivity contribution in [3.8, 4) is 0 Å². The van der Waals surface area contributed by atoms with Gasteiger partial charge in [0.1, 0.15) is 0 Å². The molecule has 3 heteroatoms. The van der Waals surface area contributed by atoms with E-state index in [0.29, 0.717) is 11.9 Å². The second-order valence-corrected chi connectivity index (χ2v) is 6.18. The Bertz CT molecular complexity index is 346. The molecule has 1 saturated heterocycles. The molecular weight excluding hydrogens is 224 g/mol. The van der Waals surface area contributed by atoms with E-state index in [2.05, 4.69) is 4.90 Å². The van der Waals surface area contributed by atoms with E-state index in [4.69, 9.17) is 5.73 Å². The molecule has 0 radical (unpaired) electrons. The molecule has 2 aliphatic carbocycles. The molecule has 1 heterocycles. The Balaban J connectivity index is 1.66. The number of likely N-dealkylation sites (tertiary alicyclic amines) is 1. The molecule has 0 aromatic heterocycles. The van der Waals surface area contributed by atoms with Crippen LogP contribution in [0.4, 0.5) is 0 Å². The maximum atomic E-state index is 12.6. The molecule has 3 aliphatic rings. The topological polar surface area (TPSA) is 46.3 Å². The van der Waals surface area contributed by atoms with Gasteiger partial charge in [-0.05, 0) is 38.0 Å². The van der Waals surface area contributed by atoms with Crippen LogP contribution in [0, 0.1) is 11.8 Å². The highest BCUT2D eigenvalue weighted by atomic mass is 16.2. The fraction of sp³-hybridized carbons (Fsp3) is 0.800. The minimum Gasteiger partial charge on any atom is -0.339 e. The predicted molar refractivity (Wildman–Crippen MR) is 71.9 cm³/mol. The number of nitrogens with two attached hydrogens (primary N) is 1. The second-order valence-electron chi connectivity index (χ2n) is 6.18. The first-order valence-electron chi connectivity index (χ1n) is 7.50. The Morgan fingerprint density at radius 1 is 1.11 bits per heavy atom. The van der Waals surface area contributed by atoms with Gasteiger partial charge in [-0.2, -0.15) is 0 Å². The first kappa shape index (κ1) is 12.2. The van der Waals surface area contributed by atoms with Crippen LogP contribution in [0.1, 0.15) is 44.9 Å². The first-order valence-corrected chi connectivity index (χ1v) is 7.50. The van der Waals surface area contributed by atoms with Crippen molar-refractivity contribution in [2.75, 3.05) is 6.54 Å². The van der Waals surface area contributed by atoms with Crippen molar-refractivity contribution in [3.05, 3.63) is 12.2 Å². The van der Waals surface area contributed by atoms with Gasteiger partial charge >= 0.3 is 0 Å². The fourth-order valence-electron chi connectivity index (χ4n) is 4.02. The molecular formula is C15H24N2O. The molecule has 1 aliphatic heterocycles. The third-order valence-electron chi connectivity index (χ3n) is 4.96. The van der Waals surface area contributed by atoms with Gasteiger partial charge in [0.05, 0.1) is 5.92 Å². The summed E-state index contributed by atoms with van der Waals surface area (Å²) in [6.45, 7) is 0.972. The monoisotopic (exact) mass is 248 g/mol. The van der Waals surface area contributed by atoms with Crippen LogP contribution in [-0.2, 0) is 4.79 Å². The normalized spacial score (nSPS) is 36.7. The minimum atomic E-state index is 0.0574. The summed E-state index contributed by atoms with van der Waals surface area (Å²) in [7, 11) is 0. The maximum Gasteiger partial charge on any atom is 0.229 e. The van der Waals surface area contributed by atoms with Gasteiger partial charge in [-0.15, -0.1) is 0 Å². The summed E-state index contributed by atoms with van der Waals surface area (Å²) >= 11 is 0. The number of carbonyl (C=O) groups excluding carboxylic acids is 1. The lowest BCUT2D eigenvalue weighted by Gasteiger charge is -2.31. The summed E-state index contributed by atoms with van der Waals surface area (Å²) in [4.78, 5) is 14.8. The van der Waals surface area contributed by atoms with Crippen molar-refractivity contribution in [3.63, 3.8) is 0 Å². The van der Waals surface area contributed by atoms with E-state index in [1.54, 1.807) is 0 Å². The van der Waals surface area contributed by atoms with E-state index >= 15 is 0 Å². The Kier molecular flexibility index (Phi) is 3.42. The van der Waals surface area contributed by atoms with Crippen molar-refractivity contribution in [1.29, 1.82) is 0 Å². The smallest absolute Gasteiger partial charge is 0.229 e. The van der Waals surface area contributed by atoms with Gasteiger partial charge in [0.2, 0.25) is 5.91 Å². The van der Waals surface area contributed by atoms with Gasteiger partial charge in [0.15, 0.2) is 0 Å². The van der Waals surface area contributed by atoms with Crippen molar-refractivity contribution in [1.82, 2.24) is 4.90 Å². The maximum absolute atomic E-state index is 12.6. The zero-order valence-corrected chi connectivity index (χ0v) is 11.1. The van der Waals surface area contributed by atoms with Crippen LogP contribution < -0.4 is 5.73 Å². The first-order chi connectivity index (χ1) is 8.75. The van der Waals surface area contributed by atoms with Gasteiger partial charge in [-0.3, -0.25) is 4.79 Å². The highest BCUT2D eigenvalue weighted by Crippen LogP contribution is 2.36. The van der Waals surface area contributed by atoms with E-state index in [1.807, 2.05) is 12.2 Å². The van der Waals surface area contributed by atoms with Gasteiger partial charge < -0.3 is 10.6 Å². The molecule has 100 valence electrons. The van der Waals surface area contributed by atoms with Crippen molar-refractivity contribution < 1.29 is 4.79 Å². The highest BCUT2D eigenvalue weighted by Gasteiger charge is 2.38. The molecule has 18 heavy (non-hydrogen) atoms. The zero-order chi connectivity index (χ0) is 12.5. The average Bonchev–Trinajstić information content (AvgIpc) is 3.08. The molecule has 2 N–H and O–H groups in total. The minimum absolute atomic E-state index is 0.0574. The summed E-state index contributed by atoms with van der Waals surface area (Å²) in [6, 6.07) is 0.622. The third kappa shape index (κ3) is 2.20. The predicted octanol–water partition coefficient (Wildman–Crippen LogP) is 2.07. The number of carbonyl (C=O) groups is 1. The summed E-state index contributed by atoms with van der Waals surface area (Å²) in [5.74, 6) is 1.17. The van der Waals surface area contributed by atoms with Crippen LogP contribution in [0.3, 0.4) is 0 Å². The molecule has 0 spiro atoms. The largest absolute Gasteiger partial charge is 0.339 e. The molecule has 0 aromatic rings. The van der Waals surface area contributed by atoms with E-state index in [-0.39, 0.29) is 12.0 Å². The quantitative estimate of drug-likeness (QED) is 0.760. The van der Waals surface area contributed by atoms with Crippen molar-refractivity contribution in [2.24, 2.45) is 17.6 Å². The van der Waals surface area contributed by atoms with Gasteiger partial charge in [-0.1, -0.05) is 25.0 Å². The number of nitrogens with zero attached hydrogens (tertiary/aromatic N) is 1. The summed E-state index contributed by atoms with van der Waals surface area (Å²) < 4.78 is 0. The molecule has 1 saturated carbocycles. The lowest BCUT2D eigenvalue weighted by molar-refractivity contribution is -0.135. The average molecular weight is 248 g/mol. The van der Waals surface area contributed by atoms with Crippen LogP contribution in [0.5, 0.6) is 0 Å². The molecule has 3 atom stereocenters. The molecule has 0 aromatic carbocycles. The number of amides is 1. The Labute approximate surface area is 109 Å². The fourth-order valence-corrected chi connectivity index (χ4v) is 4.02. The zero-order valence-electron chi connectivity index (χ0n) is 11.1. The van der Waals surface area contributed by atoms with Gasteiger partial charge in [0.25, 0.3) is 0 Å². The van der Waals surface area contributed by atoms with E-state index in [9.17, 15) is 4.79 Å². The molecule has 1 amide bonds. The SMILES string of the molecule is NC1C=CC(C(=O)N2CCCC2C2CCCC2)C1. The Morgan fingerprint density at radius 3 is 2.56 bits per heavy atom. The van der Waals surface area contributed by atoms with E-state index in [0.717, 1.165) is 18.9 Å². The number of hydrogen-bond acceptors (Lipinski definition) is 2. The molecule has 2 fully saturated rings. The second kappa shape index (κ2) is 5.04. The molecule has 3 nitrogen and oxygen atoms in total. The van der Waals surface area contributed by atoms with Crippen LogP contribution in [0.15, 0.2) is 12.2 Å². The Morgan fingerprint density at radius 2 is 1.89 bits per heavy atom. The van der Waals surface area contributed by atoms with Gasteiger partial charge in [-0.25, -0.2) is 0 Å². The van der Waals surface area contributed by atoms with E-state index < -0.39 is 0 Å². The lowest BCUT2D eigenvalue weighted by Crippen LogP contribution is -2.42. The van der Waals surface area contributed by atoms with Crippen molar-refractivity contribution in [2.45, 2.75) is 57.0 Å². The number of rotatable bonds is 2. The van der Waals surface area contributed by atoms with E-state index in [1.165, 1.54) is 38.5 Å². The lowest BCUT2D eigenvalue weighted by atomic mass is 9.95. The standard InChI is InChI=1S/C15H24N2O/c16-13-8-7-12(10-13)15(18)17-9-3-6-14(17)11-4-1-2-5-11/h7-8,11-14H,1-6,9-10,16H2. The van der Waals surface area contributed by atoms with Crippen molar-refractivity contribution >= 4 is 5.91 Å². The number of hydrogen-bond donors (Lipinski definition) is 1. The van der Waals surface area contributed by atoms with Gasteiger partial charge in [0, 0.05) is 18.6 Å². The Hall–Kier alpha value is -0.830. The summed E-state index contributed by atoms with van der Waals surface area (Å²) in [5, 5.41) is 0. The third-order valence-corrected chi connectivity index (χ3v) is 4.96. The molecule has 0 bridgehead atoms. The van der Waals surface area contributed by atoms with Crippen LogP contribution in [0.2, 0.25) is 0 Å². The van der Waals surface area contributed by atoms with Crippen LogP contribution >= 0.6 is 0 Å². The molecule has 3 rings (SSSR count). The summed E-state index contributed by atoms with van der Waals surface area (Å²) in [6.07, 6.45) is 12.6. The van der Waals surface area contributed by atoms with Crippen LogP contribution in [-0.4, -0.2) is 29.4 Å². The summed E-state index contributed by atoms with van der Waals surface area (Å²) in [5.41, 5.74) is 5.86.